The summed E-state index contributed by atoms with van der Waals surface area (Å²) in [6.07, 6.45) is 1.25. The van der Waals surface area contributed by atoms with Crippen molar-refractivity contribution in [2.24, 2.45) is 0 Å². The van der Waals surface area contributed by atoms with Gasteiger partial charge in [-0.25, -0.2) is 12.8 Å². The number of sulfonamides is 1. The van der Waals surface area contributed by atoms with Crippen molar-refractivity contribution in [1.82, 2.24) is 10.2 Å². The van der Waals surface area contributed by atoms with Crippen molar-refractivity contribution in [2.75, 3.05) is 17.1 Å². The monoisotopic (exact) mass is 531 g/mol. The number of halogens is 3. The number of nitrogens with zero attached hydrogens (tertiary/aromatic N) is 2. The molecule has 0 saturated carbocycles. The lowest BCUT2D eigenvalue weighted by atomic mass is 10.1. The minimum Gasteiger partial charge on any atom is -0.352 e. The molecule has 0 aliphatic carbocycles. The number of carbonyl (C=O) groups is 2. The van der Waals surface area contributed by atoms with Gasteiger partial charge in [0.15, 0.2) is 0 Å². The first-order chi connectivity index (χ1) is 15.8. The third-order valence-corrected chi connectivity index (χ3v) is 6.83. The molecule has 0 aliphatic heterocycles. The van der Waals surface area contributed by atoms with Gasteiger partial charge in [-0.15, -0.1) is 0 Å². The first kappa shape index (κ1) is 27.9. The Morgan fingerprint density at radius 2 is 1.68 bits per heavy atom. The van der Waals surface area contributed by atoms with Crippen LogP contribution in [-0.2, 0) is 26.2 Å². The van der Waals surface area contributed by atoms with Gasteiger partial charge in [0.05, 0.1) is 22.0 Å². The van der Waals surface area contributed by atoms with E-state index in [1.54, 1.807) is 39.0 Å². The first-order valence-electron chi connectivity index (χ1n) is 10.6. The Morgan fingerprint density at radius 3 is 2.18 bits per heavy atom. The minimum atomic E-state index is -3.89. The van der Waals surface area contributed by atoms with Crippen LogP contribution in [0.5, 0.6) is 0 Å². The van der Waals surface area contributed by atoms with E-state index >= 15 is 0 Å². The fourth-order valence-corrected chi connectivity index (χ4v) is 4.53. The van der Waals surface area contributed by atoms with Crippen molar-refractivity contribution >= 4 is 50.7 Å². The van der Waals surface area contributed by atoms with Crippen molar-refractivity contribution in [2.45, 2.75) is 45.8 Å². The molecule has 0 saturated heterocycles. The lowest BCUT2D eigenvalue weighted by Crippen LogP contribution is -2.53. The van der Waals surface area contributed by atoms with Crippen molar-refractivity contribution in [3.05, 3.63) is 63.9 Å². The molecule has 1 atom stereocenters. The van der Waals surface area contributed by atoms with Gasteiger partial charge in [0.1, 0.15) is 18.4 Å². The Morgan fingerprint density at radius 1 is 1.06 bits per heavy atom. The number of hydrogen-bond donors (Lipinski definition) is 1. The average Bonchev–Trinajstić information content (AvgIpc) is 2.73. The molecule has 0 aromatic heterocycles. The molecule has 2 aromatic carbocycles. The number of carbonyl (C=O) groups excluding carboxylic acids is 2. The predicted octanol–water partition coefficient (Wildman–Crippen LogP) is 4.23. The molecular formula is C23H28Cl2FN3O4S. The molecule has 7 nitrogen and oxygen atoms in total. The van der Waals surface area contributed by atoms with Crippen LogP contribution in [0.25, 0.3) is 0 Å². The SMILES string of the molecule is CCC(C(=O)NC(C)C)N(Cc1ccc(Cl)c(Cl)c1)C(=O)CN(c1ccc(F)cc1)S(C)(=O)=O. The fraction of sp³-hybridized carbons (Fsp3) is 0.391. The maximum atomic E-state index is 13.5. The van der Waals surface area contributed by atoms with Crippen LogP contribution in [-0.4, -0.2) is 50.0 Å². The van der Waals surface area contributed by atoms with Crippen molar-refractivity contribution in [1.29, 1.82) is 0 Å². The summed E-state index contributed by atoms with van der Waals surface area (Å²) in [7, 11) is -3.89. The molecule has 0 radical (unpaired) electrons. The van der Waals surface area contributed by atoms with E-state index in [-0.39, 0.29) is 29.2 Å². The number of benzene rings is 2. The number of nitrogens with one attached hydrogen (secondary N) is 1. The maximum absolute atomic E-state index is 13.5. The van der Waals surface area contributed by atoms with Crippen LogP contribution in [0.3, 0.4) is 0 Å². The summed E-state index contributed by atoms with van der Waals surface area (Å²) in [5.74, 6) is -1.51. The molecule has 2 rings (SSSR count). The summed E-state index contributed by atoms with van der Waals surface area (Å²) in [5, 5.41) is 3.43. The van der Waals surface area contributed by atoms with E-state index in [1.807, 2.05) is 0 Å². The largest absolute Gasteiger partial charge is 0.352 e. The molecule has 2 amide bonds. The van der Waals surface area contributed by atoms with Crippen molar-refractivity contribution in [3.8, 4) is 0 Å². The van der Waals surface area contributed by atoms with Gasteiger partial charge in [-0.1, -0.05) is 36.2 Å². The Bertz CT molecular complexity index is 1130. The van der Waals surface area contributed by atoms with Gasteiger partial charge in [-0.2, -0.15) is 0 Å². The second-order valence-corrected chi connectivity index (χ2v) is 10.8. The summed E-state index contributed by atoms with van der Waals surface area (Å²) >= 11 is 12.1. The number of amides is 2. The van der Waals surface area contributed by atoms with E-state index < -0.39 is 34.3 Å². The van der Waals surface area contributed by atoms with E-state index in [0.717, 1.165) is 22.7 Å². The Hall–Kier alpha value is -2.36. The average molecular weight is 532 g/mol. The maximum Gasteiger partial charge on any atom is 0.244 e. The highest BCUT2D eigenvalue weighted by atomic mass is 35.5. The smallest absolute Gasteiger partial charge is 0.244 e. The van der Waals surface area contributed by atoms with Crippen LogP contribution < -0.4 is 9.62 Å². The van der Waals surface area contributed by atoms with Gasteiger partial charge in [-0.3, -0.25) is 13.9 Å². The molecule has 11 heteroatoms. The highest BCUT2D eigenvalue weighted by Gasteiger charge is 2.32. The third-order valence-electron chi connectivity index (χ3n) is 4.95. The Balaban J connectivity index is 2.45. The number of anilines is 1. The van der Waals surface area contributed by atoms with E-state index in [4.69, 9.17) is 23.2 Å². The molecule has 186 valence electrons. The van der Waals surface area contributed by atoms with Crippen LogP contribution >= 0.6 is 23.2 Å². The van der Waals surface area contributed by atoms with Gasteiger partial charge in [0.25, 0.3) is 0 Å². The Kier molecular flexibility index (Phi) is 9.73. The summed E-state index contributed by atoms with van der Waals surface area (Å²) in [5.41, 5.74) is 0.748. The van der Waals surface area contributed by atoms with E-state index in [9.17, 15) is 22.4 Å². The van der Waals surface area contributed by atoms with Crippen LogP contribution in [0.15, 0.2) is 42.5 Å². The zero-order valence-electron chi connectivity index (χ0n) is 19.4. The highest BCUT2D eigenvalue weighted by molar-refractivity contribution is 7.92. The molecule has 34 heavy (non-hydrogen) atoms. The third kappa shape index (κ3) is 7.58. The highest BCUT2D eigenvalue weighted by Crippen LogP contribution is 2.25. The first-order valence-corrected chi connectivity index (χ1v) is 13.2. The van der Waals surface area contributed by atoms with Crippen LogP contribution in [0.1, 0.15) is 32.8 Å². The topological polar surface area (TPSA) is 86.8 Å². The predicted molar refractivity (Wildman–Crippen MR) is 133 cm³/mol. The molecule has 1 N–H and O–H groups in total. The number of rotatable bonds is 10. The molecule has 0 heterocycles. The van der Waals surface area contributed by atoms with E-state index in [0.29, 0.717) is 17.0 Å². The molecule has 0 fully saturated rings. The van der Waals surface area contributed by atoms with Gasteiger partial charge < -0.3 is 10.2 Å². The molecule has 0 bridgehead atoms. The summed E-state index contributed by atoms with van der Waals surface area (Å²) in [4.78, 5) is 27.7. The van der Waals surface area contributed by atoms with Gasteiger partial charge in [-0.05, 0) is 62.2 Å². The number of hydrogen-bond acceptors (Lipinski definition) is 4. The quantitative estimate of drug-likeness (QED) is 0.496. The summed E-state index contributed by atoms with van der Waals surface area (Å²) < 4.78 is 39.2. The van der Waals surface area contributed by atoms with Crippen LogP contribution in [0.4, 0.5) is 10.1 Å². The van der Waals surface area contributed by atoms with Gasteiger partial charge in [0, 0.05) is 12.6 Å². The van der Waals surface area contributed by atoms with Crippen LogP contribution in [0.2, 0.25) is 10.0 Å². The van der Waals surface area contributed by atoms with E-state index in [1.165, 1.54) is 17.0 Å². The fourth-order valence-electron chi connectivity index (χ4n) is 3.36. The van der Waals surface area contributed by atoms with Gasteiger partial charge >= 0.3 is 0 Å². The summed E-state index contributed by atoms with van der Waals surface area (Å²) in [6, 6.07) is 8.59. The molecule has 1 unspecified atom stereocenters. The van der Waals surface area contributed by atoms with Gasteiger partial charge in [0.2, 0.25) is 21.8 Å². The zero-order chi connectivity index (χ0) is 25.6. The van der Waals surface area contributed by atoms with Crippen molar-refractivity contribution < 1.29 is 22.4 Å². The Labute approximate surface area is 209 Å². The molecular weight excluding hydrogens is 504 g/mol. The zero-order valence-corrected chi connectivity index (χ0v) is 21.7. The second-order valence-electron chi connectivity index (χ2n) is 8.10. The lowest BCUT2D eigenvalue weighted by molar-refractivity contribution is -0.140. The standard InChI is InChI=1S/C23H28Cl2FN3O4S/c1-5-21(23(31)27-15(2)3)28(13-16-6-11-19(24)20(25)12-16)22(30)14-29(34(4,32)33)18-9-7-17(26)8-10-18/h6-12,15,21H,5,13-14H2,1-4H3,(H,27,31). The minimum absolute atomic E-state index is 0.000758. The van der Waals surface area contributed by atoms with Crippen LogP contribution in [0, 0.1) is 5.82 Å². The molecule has 0 aliphatic rings. The molecule has 0 spiro atoms. The lowest BCUT2D eigenvalue weighted by Gasteiger charge is -2.33. The normalized spacial score (nSPS) is 12.4. The molecule has 2 aromatic rings. The summed E-state index contributed by atoms with van der Waals surface area (Å²) in [6.45, 7) is 4.79. The second kappa shape index (κ2) is 11.9. The van der Waals surface area contributed by atoms with Crippen molar-refractivity contribution in [3.63, 3.8) is 0 Å². The van der Waals surface area contributed by atoms with E-state index in [2.05, 4.69) is 5.32 Å².